The molecule has 0 aromatic heterocycles. The number of para-hydroxylation sites is 1. The van der Waals surface area contributed by atoms with E-state index in [9.17, 15) is 9.59 Å². The number of carbonyl (C=O) groups excluding carboxylic acids is 2. The van der Waals surface area contributed by atoms with E-state index in [2.05, 4.69) is 12.2 Å². The van der Waals surface area contributed by atoms with Crippen LogP contribution in [0.25, 0.3) is 0 Å². The summed E-state index contributed by atoms with van der Waals surface area (Å²) in [5, 5.41) is 2.83. The Morgan fingerprint density at radius 3 is 2.71 bits per heavy atom. The largest absolute Gasteiger partial charge is 0.340 e. The number of nitrogens with zero attached hydrogens (tertiary/aromatic N) is 1. The van der Waals surface area contributed by atoms with Crippen LogP contribution in [0, 0.1) is 0 Å². The number of thioether (sulfide) groups is 1. The fraction of sp³-hybridized carbons (Fsp3) is 0.500. The van der Waals surface area contributed by atoms with E-state index in [0.717, 1.165) is 23.6 Å². The van der Waals surface area contributed by atoms with Crippen molar-refractivity contribution < 1.29 is 9.59 Å². The number of amides is 2. The number of carbonyl (C=O) groups is 2. The number of benzene rings is 1. The van der Waals surface area contributed by atoms with Gasteiger partial charge in [0.25, 0.3) is 5.91 Å². The molecule has 0 radical (unpaired) electrons. The highest BCUT2D eigenvalue weighted by Crippen LogP contribution is 2.25. The van der Waals surface area contributed by atoms with Crippen LogP contribution in [0.15, 0.2) is 24.3 Å². The van der Waals surface area contributed by atoms with Crippen LogP contribution in [0.4, 0.5) is 5.69 Å². The van der Waals surface area contributed by atoms with Gasteiger partial charge in [0.2, 0.25) is 5.91 Å². The number of fused-ring (bicyclic) bond motifs is 1. The van der Waals surface area contributed by atoms with Gasteiger partial charge in [-0.25, -0.2) is 0 Å². The molecule has 2 amide bonds. The maximum atomic E-state index is 12.7. The smallest absolute Gasteiger partial charge is 0.254 e. The van der Waals surface area contributed by atoms with Crippen LogP contribution < -0.4 is 10.2 Å². The molecule has 0 spiro atoms. The van der Waals surface area contributed by atoms with Crippen molar-refractivity contribution >= 4 is 29.3 Å². The summed E-state index contributed by atoms with van der Waals surface area (Å²) < 4.78 is 0. The summed E-state index contributed by atoms with van der Waals surface area (Å²) in [6, 6.07) is 6.92. The monoisotopic (exact) mass is 306 g/mol. The second-order valence-electron chi connectivity index (χ2n) is 4.99. The van der Waals surface area contributed by atoms with Gasteiger partial charge in [0, 0.05) is 6.54 Å². The molecule has 0 aliphatic carbocycles. The van der Waals surface area contributed by atoms with Crippen molar-refractivity contribution in [3.8, 4) is 0 Å². The van der Waals surface area contributed by atoms with Crippen LogP contribution in [-0.2, 0) is 4.79 Å². The predicted octanol–water partition coefficient (Wildman–Crippen LogP) is 2.68. The second kappa shape index (κ2) is 7.50. The van der Waals surface area contributed by atoms with Crippen molar-refractivity contribution in [2.45, 2.75) is 32.7 Å². The number of hydrogen-bond donors (Lipinski definition) is 1. The van der Waals surface area contributed by atoms with E-state index in [4.69, 9.17) is 0 Å². The summed E-state index contributed by atoms with van der Waals surface area (Å²) in [4.78, 5) is 26.7. The van der Waals surface area contributed by atoms with Crippen LogP contribution in [0.1, 0.15) is 37.0 Å². The molecule has 0 saturated carbocycles. The van der Waals surface area contributed by atoms with E-state index < -0.39 is 6.04 Å². The molecule has 1 aromatic rings. The van der Waals surface area contributed by atoms with E-state index in [1.807, 2.05) is 36.9 Å². The van der Waals surface area contributed by atoms with Crippen LogP contribution in [-0.4, -0.2) is 35.9 Å². The minimum Gasteiger partial charge on any atom is -0.340 e. The van der Waals surface area contributed by atoms with Gasteiger partial charge in [0.15, 0.2) is 0 Å². The Morgan fingerprint density at radius 2 is 2.00 bits per heavy atom. The van der Waals surface area contributed by atoms with Gasteiger partial charge in [0.05, 0.1) is 11.3 Å². The molecule has 0 saturated heterocycles. The topological polar surface area (TPSA) is 49.4 Å². The third kappa shape index (κ3) is 3.59. The zero-order valence-electron chi connectivity index (χ0n) is 12.6. The number of rotatable bonds is 6. The first-order valence-corrected chi connectivity index (χ1v) is 8.63. The van der Waals surface area contributed by atoms with E-state index in [1.165, 1.54) is 0 Å². The standard InChI is InChI=1S/C16H22N2O2S/c1-3-13-16(20)18(10-7-11-21-4-2)14-9-6-5-8-12(14)15(19)17-13/h5-6,8-9,13H,3-4,7,10-11H2,1-2H3,(H,17,19). The highest BCUT2D eigenvalue weighted by molar-refractivity contribution is 7.99. The molecule has 2 rings (SSSR count). The Morgan fingerprint density at radius 1 is 1.24 bits per heavy atom. The Bertz CT molecular complexity index is 519. The quantitative estimate of drug-likeness (QED) is 0.822. The normalized spacial score (nSPS) is 18.2. The summed E-state index contributed by atoms with van der Waals surface area (Å²) in [6.45, 7) is 4.71. The first-order chi connectivity index (χ1) is 10.2. The van der Waals surface area contributed by atoms with Gasteiger partial charge in [-0.05, 0) is 36.5 Å². The van der Waals surface area contributed by atoms with Crippen molar-refractivity contribution in [2.24, 2.45) is 0 Å². The van der Waals surface area contributed by atoms with Gasteiger partial charge in [-0.2, -0.15) is 11.8 Å². The average Bonchev–Trinajstić information content (AvgIpc) is 2.61. The third-order valence-electron chi connectivity index (χ3n) is 3.59. The summed E-state index contributed by atoms with van der Waals surface area (Å²) >= 11 is 1.87. The molecule has 0 fully saturated rings. The Kier molecular flexibility index (Phi) is 5.67. The third-order valence-corrected chi connectivity index (χ3v) is 4.58. The summed E-state index contributed by atoms with van der Waals surface area (Å²) in [6.07, 6.45) is 1.54. The molecule has 1 unspecified atom stereocenters. The van der Waals surface area contributed by atoms with E-state index in [1.54, 1.807) is 11.0 Å². The van der Waals surface area contributed by atoms with E-state index in [-0.39, 0.29) is 11.8 Å². The lowest BCUT2D eigenvalue weighted by Crippen LogP contribution is -2.45. The Labute approximate surface area is 130 Å². The van der Waals surface area contributed by atoms with Crippen LogP contribution in [0.3, 0.4) is 0 Å². The van der Waals surface area contributed by atoms with Crippen molar-refractivity contribution in [1.82, 2.24) is 5.32 Å². The summed E-state index contributed by atoms with van der Waals surface area (Å²) in [5.74, 6) is 1.96. The highest BCUT2D eigenvalue weighted by Gasteiger charge is 2.32. The zero-order valence-corrected chi connectivity index (χ0v) is 13.4. The van der Waals surface area contributed by atoms with Gasteiger partial charge >= 0.3 is 0 Å². The molecule has 1 aromatic carbocycles. The molecule has 1 atom stereocenters. The fourth-order valence-electron chi connectivity index (χ4n) is 2.48. The molecule has 1 heterocycles. The molecule has 1 aliphatic rings. The lowest BCUT2D eigenvalue weighted by atomic mass is 10.1. The summed E-state index contributed by atoms with van der Waals surface area (Å²) in [7, 11) is 0. The first-order valence-electron chi connectivity index (χ1n) is 7.48. The lowest BCUT2D eigenvalue weighted by molar-refractivity contribution is -0.120. The van der Waals surface area contributed by atoms with Crippen molar-refractivity contribution in [3.05, 3.63) is 29.8 Å². The molecule has 21 heavy (non-hydrogen) atoms. The lowest BCUT2D eigenvalue weighted by Gasteiger charge is -2.24. The summed E-state index contributed by atoms with van der Waals surface area (Å²) in [5.41, 5.74) is 1.32. The number of nitrogens with one attached hydrogen (secondary N) is 1. The maximum Gasteiger partial charge on any atom is 0.254 e. The SMILES string of the molecule is CCSCCCN1C(=O)C(CC)NC(=O)c2ccccc21. The minimum atomic E-state index is -0.427. The second-order valence-corrected chi connectivity index (χ2v) is 6.39. The molecule has 1 N–H and O–H groups in total. The van der Waals surface area contributed by atoms with Gasteiger partial charge in [-0.1, -0.05) is 26.0 Å². The van der Waals surface area contributed by atoms with Crippen molar-refractivity contribution in [1.29, 1.82) is 0 Å². The minimum absolute atomic E-state index is 0.00250. The van der Waals surface area contributed by atoms with Crippen LogP contribution in [0.5, 0.6) is 0 Å². The molecular weight excluding hydrogens is 284 g/mol. The highest BCUT2D eigenvalue weighted by atomic mass is 32.2. The Balaban J connectivity index is 2.26. The number of anilines is 1. The van der Waals surface area contributed by atoms with Gasteiger partial charge in [-0.3, -0.25) is 9.59 Å². The van der Waals surface area contributed by atoms with Crippen molar-refractivity contribution in [3.63, 3.8) is 0 Å². The maximum absolute atomic E-state index is 12.7. The number of hydrogen-bond acceptors (Lipinski definition) is 3. The molecule has 5 heteroatoms. The Hall–Kier alpha value is -1.49. The van der Waals surface area contributed by atoms with Gasteiger partial charge in [-0.15, -0.1) is 0 Å². The van der Waals surface area contributed by atoms with Crippen LogP contribution >= 0.6 is 11.8 Å². The predicted molar refractivity (Wildman–Crippen MR) is 88.0 cm³/mol. The first kappa shape index (κ1) is 15.9. The van der Waals surface area contributed by atoms with Crippen LogP contribution in [0.2, 0.25) is 0 Å². The molecular formula is C16H22N2O2S. The average molecular weight is 306 g/mol. The molecule has 4 nitrogen and oxygen atoms in total. The molecule has 114 valence electrons. The van der Waals surface area contributed by atoms with Crippen molar-refractivity contribution in [2.75, 3.05) is 23.0 Å². The van der Waals surface area contributed by atoms with E-state index >= 15 is 0 Å². The van der Waals surface area contributed by atoms with E-state index in [0.29, 0.717) is 18.5 Å². The molecule has 0 bridgehead atoms. The molecule has 1 aliphatic heterocycles. The fourth-order valence-corrected chi connectivity index (χ4v) is 3.10. The van der Waals surface area contributed by atoms with Gasteiger partial charge in [0.1, 0.15) is 6.04 Å². The van der Waals surface area contributed by atoms with Gasteiger partial charge < -0.3 is 10.2 Å². The zero-order chi connectivity index (χ0) is 15.2.